The van der Waals surface area contributed by atoms with Gasteiger partial charge in [-0.3, -0.25) is 9.69 Å². The molecule has 2 fully saturated rings. The van der Waals surface area contributed by atoms with Crippen molar-refractivity contribution in [3.8, 4) is 0 Å². The van der Waals surface area contributed by atoms with E-state index in [4.69, 9.17) is 4.74 Å². The molecule has 8 nitrogen and oxygen atoms in total. The van der Waals surface area contributed by atoms with Gasteiger partial charge in [0, 0.05) is 58.9 Å². The Kier molecular flexibility index (Phi) is 8.58. The lowest BCUT2D eigenvalue weighted by Gasteiger charge is -2.30. The normalized spacial score (nSPS) is 19.0. The molecular weight excluding hydrogens is 411 g/mol. The van der Waals surface area contributed by atoms with E-state index in [0.29, 0.717) is 52.4 Å². The Hall–Kier alpha value is -1.59. The van der Waals surface area contributed by atoms with E-state index in [0.717, 1.165) is 19.6 Å². The molecule has 2 saturated heterocycles. The minimum Gasteiger partial charge on any atom is -0.379 e. The second-order valence-corrected chi connectivity index (χ2v) is 9.63. The van der Waals surface area contributed by atoms with E-state index in [9.17, 15) is 17.6 Å². The third-order valence-corrected chi connectivity index (χ3v) is 7.34. The van der Waals surface area contributed by atoms with Gasteiger partial charge in [-0.15, -0.1) is 0 Å². The van der Waals surface area contributed by atoms with E-state index in [1.165, 1.54) is 27.4 Å². The van der Waals surface area contributed by atoms with Gasteiger partial charge in [0.15, 0.2) is 0 Å². The predicted molar refractivity (Wildman–Crippen MR) is 112 cm³/mol. The van der Waals surface area contributed by atoms with Gasteiger partial charge in [-0.2, -0.15) is 4.31 Å². The number of halogens is 1. The maximum absolute atomic E-state index is 14.2. The van der Waals surface area contributed by atoms with Gasteiger partial charge in [0.2, 0.25) is 10.0 Å². The molecule has 0 unspecified atom stereocenters. The molecule has 0 saturated carbocycles. The van der Waals surface area contributed by atoms with E-state index >= 15 is 0 Å². The summed E-state index contributed by atoms with van der Waals surface area (Å²) in [5, 5.41) is 3.13. The summed E-state index contributed by atoms with van der Waals surface area (Å²) in [6, 6.07) is 5.83. The Morgan fingerprint density at radius 3 is 2.50 bits per heavy atom. The monoisotopic (exact) mass is 442 g/mol. The summed E-state index contributed by atoms with van der Waals surface area (Å²) >= 11 is 0. The van der Waals surface area contributed by atoms with Gasteiger partial charge in [-0.05, 0) is 18.6 Å². The van der Waals surface area contributed by atoms with Crippen LogP contribution in [0.15, 0.2) is 24.3 Å². The third-order valence-electron chi connectivity index (χ3n) is 5.49. The number of carbonyl (C=O) groups excluding carboxylic acids is 1. The molecule has 168 valence electrons. The number of morpholine rings is 1. The van der Waals surface area contributed by atoms with Gasteiger partial charge in [-0.25, -0.2) is 12.8 Å². The molecular formula is C20H31FN4O4S. The molecule has 30 heavy (non-hydrogen) atoms. The number of rotatable bonds is 9. The van der Waals surface area contributed by atoms with E-state index in [1.54, 1.807) is 6.07 Å². The van der Waals surface area contributed by atoms with Crippen molar-refractivity contribution in [2.75, 3.05) is 77.9 Å². The summed E-state index contributed by atoms with van der Waals surface area (Å²) in [6.45, 7) is 6.40. The Balaban J connectivity index is 1.63. The van der Waals surface area contributed by atoms with Crippen LogP contribution >= 0.6 is 0 Å². The largest absolute Gasteiger partial charge is 0.379 e. The van der Waals surface area contributed by atoms with Crippen molar-refractivity contribution < 1.29 is 22.3 Å². The first kappa shape index (κ1) is 23.1. The fraction of sp³-hybridized carbons (Fsp3) is 0.650. The van der Waals surface area contributed by atoms with Crippen LogP contribution < -0.4 is 5.32 Å². The Bertz CT molecular complexity index is 796. The number of piperazine rings is 1. The summed E-state index contributed by atoms with van der Waals surface area (Å²) in [6.07, 6.45) is 0.688. The van der Waals surface area contributed by atoms with Gasteiger partial charge in [0.05, 0.1) is 24.5 Å². The van der Waals surface area contributed by atoms with E-state index in [1.807, 2.05) is 0 Å². The lowest BCUT2D eigenvalue weighted by molar-refractivity contribution is 0.0358. The molecule has 1 N–H and O–H groups in total. The second-order valence-electron chi connectivity index (χ2n) is 7.54. The highest BCUT2D eigenvalue weighted by atomic mass is 32.2. The first-order valence-electron chi connectivity index (χ1n) is 10.5. The van der Waals surface area contributed by atoms with Gasteiger partial charge in [-0.1, -0.05) is 12.1 Å². The molecule has 0 aromatic heterocycles. The number of amides is 1. The second kappa shape index (κ2) is 11.1. The minimum atomic E-state index is -3.47. The molecule has 0 radical (unpaired) electrons. The van der Waals surface area contributed by atoms with Crippen LogP contribution in [0.25, 0.3) is 0 Å². The Morgan fingerprint density at radius 1 is 1.10 bits per heavy atom. The molecule has 1 aromatic rings. The van der Waals surface area contributed by atoms with Crippen LogP contribution in [-0.2, 0) is 14.8 Å². The Labute approximate surface area is 178 Å². The predicted octanol–water partition coefficient (Wildman–Crippen LogP) is 0.225. The quantitative estimate of drug-likeness (QED) is 0.590. The third kappa shape index (κ3) is 6.45. The fourth-order valence-electron chi connectivity index (χ4n) is 3.71. The maximum Gasteiger partial charge on any atom is 0.256 e. The van der Waals surface area contributed by atoms with Crippen molar-refractivity contribution in [1.82, 2.24) is 19.4 Å². The van der Waals surface area contributed by atoms with Gasteiger partial charge < -0.3 is 15.0 Å². The van der Waals surface area contributed by atoms with Gasteiger partial charge in [0.25, 0.3) is 5.91 Å². The first-order chi connectivity index (χ1) is 14.5. The summed E-state index contributed by atoms with van der Waals surface area (Å²) in [4.78, 5) is 16.7. The number of hydrogen-bond donors (Lipinski definition) is 1. The average molecular weight is 443 g/mol. The molecule has 2 heterocycles. The highest BCUT2D eigenvalue weighted by Crippen LogP contribution is 2.12. The van der Waals surface area contributed by atoms with Crippen molar-refractivity contribution in [2.45, 2.75) is 6.42 Å². The molecule has 2 aliphatic rings. The standard InChI is InChI=1S/C20H31FN4O4S/c21-19-5-2-1-4-18(19)20(26)24(9-3-8-23-12-15-29-16-13-23)14-17-30(27,28)25-10-6-22-7-11-25/h1-2,4-5,22H,3,6-17H2. The minimum absolute atomic E-state index is 0.0246. The average Bonchev–Trinajstić information content (AvgIpc) is 2.77. The summed E-state index contributed by atoms with van der Waals surface area (Å²) in [7, 11) is -3.47. The van der Waals surface area contributed by atoms with Gasteiger partial charge >= 0.3 is 0 Å². The van der Waals surface area contributed by atoms with E-state index in [-0.39, 0.29) is 17.9 Å². The van der Waals surface area contributed by atoms with Crippen LogP contribution in [0.5, 0.6) is 0 Å². The lowest BCUT2D eigenvalue weighted by Crippen LogP contribution is -2.48. The summed E-state index contributed by atoms with van der Waals surface area (Å²) in [5.74, 6) is -1.22. The summed E-state index contributed by atoms with van der Waals surface area (Å²) < 4.78 is 46.4. The zero-order chi connectivity index (χ0) is 21.4. The topological polar surface area (TPSA) is 82.2 Å². The first-order valence-corrected chi connectivity index (χ1v) is 12.1. The lowest BCUT2D eigenvalue weighted by atomic mass is 10.2. The number of sulfonamides is 1. The molecule has 0 atom stereocenters. The molecule has 0 aliphatic carbocycles. The van der Waals surface area contributed by atoms with E-state index in [2.05, 4.69) is 10.2 Å². The van der Waals surface area contributed by atoms with Crippen LogP contribution in [-0.4, -0.2) is 106 Å². The Morgan fingerprint density at radius 2 is 1.80 bits per heavy atom. The van der Waals surface area contributed by atoms with Crippen LogP contribution in [0.3, 0.4) is 0 Å². The van der Waals surface area contributed by atoms with Crippen molar-refractivity contribution in [2.24, 2.45) is 0 Å². The van der Waals surface area contributed by atoms with Crippen molar-refractivity contribution >= 4 is 15.9 Å². The fourth-order valence-corrected chi connectivity index (χ4v) is 5.16. The van der Waals surface area contributed by atoms with Crippen molar-refractivity contribution in [3.05, 3.63) is 35.6 Å². The number of carbonyl (C=O) groups is 1. The number of hydrogen-bond acceptors (Lipinski definition) is 6. The van der Waals surface area contributed by atoms with Crippen molar-refractivity contribution in [1.29, 1.82) is 0 Å². The summed E-state index contributed by atoms with van der Waals surface area (Å²) in [5.41, 5.74) is -0.0246. The molecule has 3 rings (SSSR count). The molecule has 1 aromatic carbocycles. The van der Waals surface area contributed by atoms with Crippen LogP contribution in [0, 0.1) is 5.82 Å². The SMILES string of the molecule is O=C(c1ccccc1F)N(CCCN1CCOCC1)CCS(=O)(=O)N1CCNCC1. The molecule has 2 aliphatic heterocycles. The maximum atomic E-state index is 14.2. The zero-order valence-corrected chi connectivity index (χ0v) is 18.1. The smallest absolute Gasteiger partial charge is 0.256 e. The molecule has 0 spiro atoms. The molecule has 1 amide bonds. The van der Waals surface area contributed by atoms with E-state index < -0.39 is 21.7 Å². The van der Waals surface area contributed by atoms with Gasteiger partial charge in [0.1, 0.15) is 5.82 Å². The van der Waals surface area contributed by atoms with Crippen LogP contribution in [0.4, 0.5) is 4.39 Å². The molecule has 0 bridgehead atoms. The van der Waals surface area contributed by atoms with Crippen LogP contribution in [0.1, 0.15) is 16.8 Å². The number of benzene rings is 1. The molecule has 10 heteroatoms. The number of ether oxygens (including phenoxy) is 1. The highest BCUT2D eigenvalue weighted by molar-refractivity contribution is 7.89. The van der Waals surface area contributed by atoms with Crippen molar-refractivity contribution in [3.63, 3.8) is 0 Å². The highest BCUT2D eigenvalue weighted by Gasteiger charge is 2.26. The number of nitrogens with one attached hydrogen (secondary N) is 1. The zero-order valence-electron chi connectivity index (χ0n) is 17.3. The van der Waals surface area contributed by atoms with Crippen LogP contribution in [0.2, 0.25) is 0 Å². The number of nitrogens with zero attached hydrogens (tertiary/aromatic N) is 3.